The minimum atomic E-state index is 0.249. The van der Waals surface area contributed by atoms with E-state index >= 15 is 0 Å². The molecule has 1 rings (SSSR count). The van der Waals surface area contributed by atoms with Crippen LogP contribution in [0.5, 0.6) is 0 Å². The molecule has 0 aliphatic carbocycles. The molecule has 1 aliphatic rings. The molecule has 0 bridgehead atoms. The summed E-state index contributed by atoms with van der Waals surface area (Å²) < 4.78 is 0. The summed E-state index contributed by atoms with van der Waals surface area (Å²) in [7, 11) is 0. The van der Waals surface area contributed by atoms with Crippen LogP contribution in [0.1, 0.15) is 53.4 Å². The van der Waals surface area contributed by atoms with Crippen molar-refractivity contribution in [2.75, 3.05) is 13.1 Å². The second-order valence-electron chi connectivity index (χ2n) is 6.14. The highest BCUT2D eigenvalue weighted by Gasteiger charge is 2.23. The summed E-state index contributed by atoms with van der Waals surface area (Å²) in [6, 6.07) is 1.09. The molecule has 1 saturated heterocycles. The summed E-state index contributed by atoms with van der Waals surface area (Å²) in [5.41, 5.74) is 6.44. The van der Waals surface area contributed by atoms with Crippen molar-refractivity contribution in [2.45, 2.75) is 65.5 Å². The lowest BCUT2D eigenvalue weighted by Gasteiger charge is -2.35. The third-order valence-electron chi connectivity index (χ3n) is 3.78. The SMILES string of the molecule is CC1CCCCN1CCC(N)C(C)(C)C. The molecule has 0 radical (unpaired) electrons. The van der Waals surface area contributed by atoms with Gasteiger partial charge in [-0.2, -0.15) is 0 Å². The fraction of sp³-hybridized carbons (Fsp3) is 1.00. The second kappa shape index (κ2) is 5.31. The van der Waals surface area contributed by atoms with Gasteiger partial charge in [-0.25, -0.2) is 0 Å². The highest BCUT2D eigenvalue weighted by molar-refractivity contribution is 4.80. The Morgan fingerprint density at radius 1 is 1.33 bits per heavy atom. The molecule has 2 heteroatoms. The monoisotopic (exact) mass is 212 g/mol. The first kappa shape index (κ1) is 13.0. The van der Waals surface area contributed by atoms with E-state index in [0.717, 1.165) is 12.5 Å². The zero-order valence-corrected chi connectivity index (χ0v) is 10.9. The largest absolute Gasteiger partial charge is 0.327 e. The van der Waals surface area contributed by atoms with E-state index in [-0.39, 0.29) is 5.41 Å². The molecule has 2 N–H and O–H groups in total. The number of nitrogens with two attached hydrogens (primary N) is 1. The van der Waals surface area contributed by atoms with Crippen molar-refractivity contribution in [3.8, 4) is 0 Å². The number of hydrogen-bond donors (Lipinski definition) is 1. The van der Waals surface area contributed by atoms with Crippen LogP contribution in [0, 0.1) is 5.41 Å². The van der Waals surface area contributed by atoms with Gasteiger partial charge in [0.15, 0.2) is 0 Å². The van der Waals surface area contributed by atoms with Crippen LogP contribution >= 0.6 is 0 Å². The smallest absolute Gasteiger partial charge is 0.00998 e. The molecule has 2 atom stereocenters. The van der Waals surface area contributed by atoms with E-state index in [1.165, 1.54) is 32.4 Å². The van der Waals surface area contributed by atoms with E-state index < -0.39 is 0 Å². The quantitative estimate of drug-likeness (QED) is 0.779. The highest BCUT2D eigenvalue weighted by Crippen LogP contribution is 2.22. The van der Waals surface area contributed by atoms with Crippen molar-refractivity contribution in [2.24, 2.45) is 11.1 Å². The lowest BCUT2D eigenvalue weighted by molar-refractivity contribution is 0.145. The minimum Gasteiger partial charge on any atom is -0.327 e. The van der Waals surface area contributed by atoms with Crippen LogP contribution in [0.2, 0.25) is 0 Å². The standard InChI is InChI=1S/C13H28N2/c1-11-7-5-6-9-15(11)10-8-12(14)13(2,3)4/h11-12H,5-10,14H2,1-4H3. The Bertz CT molecular complexity index is 183. The van der Waals surface area contributed by atoms with Crippen molar-refractivity contribution < 1.29 is 0 Å². The van der Waals surface area contributed by atoms with Gasteiger partial charge in [-0.15, -0.1) is 0 Å². The molecule has 1 fully saturated rings. The van der Waals surface area contributed by atoms with E-state index in [0.29, 0.717) is 6.04 Å². The fourth-order valence-corrected chi connectivity index (χ4v) is 2.23. The van der Waals surface area contributed by atoms with Crippen molar-refractivity contribution in [1.29, 1.82) is 0 Å². The topological polar surface area (TPSA) is 29.3 Å². The molecule has 1 heterocycles. The Hall–Kier alpha value is -0.0800. The van der Waals surface area contributed by atoms with Crippen LogP contribution in [0.25, 0.3) is 0 Å². The van der Waals surface area contributed by atoms with Gasteiger partial charge in [-0.1, -0.05) is 27.2 Å². The first-order valence-corrected chi connectivity index (χ1v) is 6.41. The molecule has 0 amide bonds. The second-order valence-corrected chi connectivity index (χ2v) is 6.14. The van der Waals surface area contributed by atoms with Gasteiger partial charge >= 0.3 is 0 Å². The number of piperidine rings is 1. The van der Waals surface area contributed by atoms with Crippen LogP contribution in [0.4, 0.5) is 0 Å². The zero-order chi connectivity index (χ0) is 11.5. The van der Waals surface area contributed by atoms with Gasteiger partial charge in [-0.05, 0) is 44.7 Å². The first-order valence-electron chi connectivity index (χ1n) is 6.41. The summed E-state index contributed by atoms with van der Waals surface area (Å²) in [6.07, 6.45) is 5.27. The van der Waals surface area contributed by atoms with Crippen molar-refractivity contribution in [3.63, 3.8) is 0 Å². The number of rotatable bonds is 3. The molecule has 0 saturated carbocycles. The third-order valence-corrected chi connectivity index (χ3v) is 3.78. The van der Waals surface area contributed by atoms with Gasteiger partial charge in [0.25, 0.3) is 0 Å². The maximum atomic E-state index is 6.19. The van der Waals surface area contributed by atoms with Gasteiger partial charge in [0, 0.05) is 12.1 Å². The predicted octanol–water partition coefficient (Wildman–Crippen LogP) is 2.62. The van der Waals surface area contributed by atoms with Crippen LogP contribution in [-0.2, 0) is 0 Å². The number of likely N-dealkylation sites (tertiary alicyclic amines) is 1. The Morgan fingerprint density at radius 3 is 2.53 bits per heavy atom. The number of hydrogen-bond acceptors (Lipinski definition) is 2. The summed E-state index contributed by atoms with van der Waals surface area (Å²) in [5.74, 6) is 0. The molecule has 1 aliphatic heterocycles. The Balaban J connectivity index is 2.29. The van der Waals surface area contributed by atoms with Crippen LogP contribution in [0.15, 0.2) is 0 Å². The molecule has 2 nitrogen and oxygen atoms in total. The summed E-state index contributed by atoms with van der Waals surface area (Å²) >= 11 is 0. The molecule has 0 spiro atoms. The van der Waals surface area contributed by atoms with Crippen molar-refractivity contribution in [1.82, 2.24) is 4.90 Å². The fourth-order valence-electron chi connectivity index (χ4n) is 2.23. The van der Waals surface area contributed by atoms with Crippen LogP contribution in [-0.4, -0.2) is 30.1 Å². The maximum absolute atomic E-state index is 6.19. The summed E-state index contributed by atoms with van der Waals surface area (Å²) in [4.78, 5) is 2.61. The van der Waals surface area contributed by atoms with E-state index in [1.54, 1.807) is 0 Å². The highest BCUT2D eigenvalue weighted by atomic mass is 15.2. The normalized spacial score (nSPS) is 26.6. The molecule has 0 aromatic heterocycles. The number of nitrogens with zero attached hydrogens (tertiary/aromatic N) is 1. The maximum Gasteiger partial charge on any atom is 0.00998 e. The van der Waals surface area contributed by atoms with E-state index in [2.05, 4.69) is 32.6 Å². The molecular weight excluding hydrogens is 184 g/mol. The molecule has 2 unspecified atom stereocenters. The van der Waals surface area contributed by atoms with Crippen LogP contribution < -0.4 is 5.73 Å². The Morgan fingerprint density at radius 2 is 2.00 bits per heavy atom. The molecule has 90 valence electrons. The van der Waals surface area contributed by atoms with E-state index in [9.17, 15) is 0 Å². The van der Waals surface area contributed by atoms with Crippen molar-refractivity contribution in [3.05, 3.63) is 0 Å². The Labute approximate surface area is 95.2 Å². The summed E-state index contributed by atoms with van der Waals surface area (Å²) in [6.45, 7) is 11.5. The summed E-state index contributed by atoms with van der Waals surface area (Å²) in [5, 5.41) is 0. The van der Waals surface area contributed by atoms with Gasteiger partial charge in [0.1, 0.15) is 0 Å². The van der Waals surface area contributed by atoms with Gasteiger partial charge in [0.05, 0.1) is 0 Å². The van der Waals surface area contributed by atoms with E-state index in [1.807, 2.05) is 0 Å². The zero-order valence-electron chi connectivity index (χ0n) is 10.9. The lowest BCUT2D eigenvalue weighted by Crippen LogP contribution is -2.43. The third kappa shape index (κ3) is 4.12. The molecule has 0 aromatic carbocycles. The van der Waals surface area contributed by atoms with Crippen molar-refractivity contribution >= 4 is 0 Å². The minimum absolute atomic E-state index is 0.249. The predicted molar refractivity (Wildman–Crippen MR) is 66.9 cm³/mol. The van der Waals surface area contributed by atoms with E-state index in [4.69, 9.17) is 5.73 Å². The molecule has 15 heavy (non-hydrogen) atoms. The van der Waals surface area contributed by atoms with Gasteiger partial charge < -0.3 is 10.6 Å². The van der Waals surface area contributed by atoms with Gasteiger partial charge in [0.2, 0.25) is 0 Å². The Kier molecular flexibility index (Phi) is 4.60. The van der Waals surface area contributed by atoms with Crippen LogP contribution in [0.3, 0.4) is 0 Å². The molecule has 0 aromatic rings. The molecular formula is C13H28N2. The lowest BCUT2D eigenvalue weighted by atomic mass is 9.85. The first-order chi connectivity index (χ1) is 6.91. The average molecular weight is 212 g/mol. The van der Waals surface area contributed by atoms with Gasteiger partial charge in [-0.3, -0.25) is 0 Å². The average Bonchev–Trinajstić information content (AvgIpc) is 2.14.